The summed E-state index contributed by atoms with van der Waals surface area (Å²) >= 11 is 0. The number of hydrogen-bond acceptors (Lipinski definition) is 4. The van der Waals surface area contributed by atoms with E-state index in [-0.39, 0.29) is 11.5 Å². The van der Waals surface area contributed by atoms with Gasteiger partial charge in [0.25, 0.3) is 0 Å². The molecular formula is C21H27N5O. The third kappa shape index (κ3) is 3.37. The van der Waals surface area contributed by atoms with Crippen molar-refractivity contribution in [1.82, 2.24) is 24.6 Å². The van der Waals surface area contributed by atoms with E-state index < -0.39 is 0 Å². The molecule has 0 saturated carbocycles. The van der Waals surface area contributed by atoms with E-state index in [0.717, 1.165) is 29.8 Å². The number of nitrogens with zero attached hydrogens (tertiary/aromatic N) is 4. The van der Waals surface area contributed by atoms with Gasteiger partial charge in [-0.1, -0.05) is 32.9 Å². The molecule has 3 aromatic rings. The van der Waals surface area contributed by atoms with Crippen LogP contribution in [-0.2, 0) is 25.4 Å². The number of fused-ring (bicyclic) bond motifs is 1. The molecule has 4 rings (SSSR count). The minimum atomic E-state index is 0.0337. The van der Waals surface area contributed by atoms with Crippen molar-refractivity contribution in [3.8, 4) is 5.75 Å². The van der Waals surface area contributed by atoms with Crippen LogP contribution in [0.1, 0.15) is 54.9 Å². The average molecular weight is 365 g/mol. The molecule has 6 heteroatoms. The highest BCUT2D eigenvalue weighted by Gasteiger charge is 2.32. The molecule has 0 spiro atoms. The zero-order valence-corrected chi connectivity index (χ0v) is 16.4. The van der Waals surface area contributed by atoms with Crippen LogP contribution >= 0.6 is 0 Å². The molecule has 0 aliphatic carbocycles. The second-order valence-electron chi connectivity index (χ2n) is 8.43. The molecule has 0 amide bonds. The molecule has 142 valence electrons. The summed E-state index contributed by atoms with van der Waals surface area (Å²) in [5.74, 6) is 0.348. The third-order valence-corrected chi connectivity index (χ3v) is 5.38. The molecule has 0 fully saturated rings. The Balaban J connectivity index is 1.71. The van der Waals surface area contributed by atoms with E-state index >= 15 is 0 Å². The number of phenolic OH excluding ortho intramolecular Hbond substituents is 1. The second-order valence-corrected chi connectivity index (χ2v) is 8.43. The van der Waals surface area contributed by atoms with E-state index in [1.54, 1.807) is 6.33 Å². The lowest BCUT2D eigenvalue weighted by Crippen LogP contribution is -2.35. The van der Waals surface area contributed by atoms with Crippen molar-refractivity contribution < 1.29 is 5.11 Å². The van der Waals surface area contributed by atoms with Gasteiger partial charge in [0.1, 0.15) is 5.75 Å². The molecule has 1 aromatic carbocycles. The van der Waals surface area contributed by atoms with Crippen LogP contribution < -0.4 is 0 Å². The van der Waals surface area contributed by atoms with Crippen LogP contribution in [0.2, 0.25) is 0 Å². The van der Waals surface area contributed by atoms with Crippen LogP contribution in [0.15, 0.2) is 36.9 Å². The molecule has 0 saturated heterocycles. The first-order valence-corrected chi connectivity index (χ1v) is 9.40. The Hall–Kier alpha value is -2.60. The summed E-state index contributed by atoms with van der Waals surface area (Å²) < 4.78 is 1.83. The number of aromatic nitrogens is 4. The van der Waals surface area contributed by atoms with Gasteiger partial charge in [0.15, 0.2) is 0 Å². The van der Waals surface area contributed by atoms with E-state index in [9.17, 15) is 5.11 Å². The molecule has 1 aliphatic heterocycles. The largest absolute Gasteiger partial charge is 0.508 e. The maximum Gasteiger partial charge on any atom is 0.120 e. The molecule has 2 aromatic heterocycles. The van der Waals surface area contributed by atoms with Gasteiger partial charge in [0, 0.05) is 49.6 Å². The third-order valence-electron chi connectivity index (χ3n) is 5.38. The van der Waals surface area contributed by atoms with Gasteiger partial charge in [-0.2, -0.15) is 5.10 Å². The van der Waals surface area contributed by atoms with E-state index in [1.165, 1.54) is 11.3 Å². The lowest BCUT2D eigenvalue weighted by molar-refractivity contribution is 0.198. The van der Waals surface area contributed by atoms with Crippen molar-refractivity contribution in [3.05, 3.63) is 65.0 Å². The van der Waals surface area contributed by atoms with E-state index in [1.807, 2.05) is 36.3 Å². The number of rotatable bonds is 3. The quantitative estimate of drug-likeness (QED) is 0.747. The van der Waals surface area contributed by atoms with Gasteiger partial charge >= 0.3 is 0 Å². The van der Waals surface area contributed by atoms with Gasteiger partial charge in [-0.3, -0.25) is 9.58 Å². The SMILES string of the molecule is Cn1cc([C@H]2c3nc[nH]c3CCN2Cc2cc(C(C)(C)C)ccc2O)cn1. The lowest BCUT2D eigenvalue weighted by atomic mass is 9.86. The van der Waals surface area contributed by atoms with Gasteiger partial charge in [0.2, 0.25) is 0 Å². The first-order chi connectivity index (χ1) is 12.8. The Morgan fingerprint density at radius 2 is 2.11 bits per heavy atom. The Morgan fingerprint density at radius 3 is 2.81 bits per heavy atom. The number of aryl methyl sites for hydroxylation is 1. The van der Waals surface area contributed by atoms with Crippen molar-refractivity contribution in [2.45, 2.75) is 45.2 Å². The zero-order valence-electron chi connectivity index (χ0n) is 16.4. The summed E-state index contributed by atoms with van der Waals surface area (Å²) in [5.41, 5.74) is 5.59. The fourth-order valence-corrected chi connectivity index (χ4v) is 3.84. The Labute approximate surface area is 159 Å². The molecule has 1 atom stereocenters. The smallest absolute Gasteiger partial charge is 0.120 e. The molecule has 6 nitrogen and oxygen atoms in total. The first-order valence-electron chi connectivity index (χ1n) is 9.40. The molecule has 3 heterocycles. The van der Waals surface area contributed by atoms with E-state index in [2.05, 4.69) is 46.8 Å². The Morgan fingerprint density at radius 1 is 1.30 bits per heavy atom. The fourth-order valence-electron chi connectivity index (χ4n) is 3.84. The predicted molar refractivity (Wildman–Crippen MR) is 105 cm³/mol. The number of hydrogen-bond donors (Lipinski definition) is 2. The molecule has 1 aliphatic rings. The van der Waals surface area contributed by atoms with Crippen molar-refractivity contribution in [3.63, 3.8) is 0 Å². The highest BCUT2D eigenvalue weighted by molar-refractivity contribution is 5.39. The normalized spacial score (nSPS) is 17.9. The number of aromatic amines is 1. The number of aromatic hydroxyl groups is 1. The molecule has 0 unspecified atom stereocenters. The fraction of sp³-hybridized carbons (Fsp3) is 0.429. The van der Waals surface area contributed by atoms with Gasteiger partial charge in [0.05, 0.1) is 24.3 Å². The molecule has 27 heavy (non-hydrogen) atoms. The second kappa shape index (κ2) is 6.53. The maximum atomic E-state index is 10.5. The van der Waals surface area contributed by atoms with Gasteiger partial charge in [-0.05, 0) is 17.0 Å². The summed E-state index contributed by atoms with van der Waals surface area (Å²) in [6, 6.07) is 6.00. The Bertz CT molecular complexity index is 950. The predicted octanol–water partition coefficient (Wildman–Crippen LogP) is 3.29. The summed E-state index contributed by atoms with van der Waals surface area (Å²) in [6.07, 6.45) is 6.65. The minimum Gasteiger partial charge on any atom is -0.508 e. The number of nitrogens with one attached hydrogen (secondary N) is 1. The molecule has 0 bridgehead atoms. The summed E-state index contributed by atoms with van der Waals surface area (Å²) in [5, 5.41) is 14.8. The highest BCUT2D eigenvalue weighted by Crippen LogP contribution is 2.36. The van der Waals surface area contributed by atoms with Crippen LogP contribution in [0.4, 0.5) is 0 Å². The number of benzene rings is 1. The molecular weight excluding hydrogens is 338 g/mol. The van der Waals surface area contributed by atoms with Crippen LogP contribution in [-0.4, -0.2) is 36.3 Å². The van der Waals surface area contributed by atoms with Gasteiger partial charge in [-0.15, -0.1) is 0 Å². The van der Waals surface area contributed by atoms with Crippen molar-refractivity contribution in [2.75, 3.05) is 6.54 Å². The monoisotopic (exact) mass is 365 g/mol. The van der Waals surface area contributed by atoms with Crippen LogP contribution in [0.3, 0.4) is 0 Å². The van der Waals surface area contributed by atoms with Crippen LogP contribution in [0, 0.1) is 0 Å². The summed E-state index contributed by atoms with van der Waals surface area (Å²) in [6.45, 7) is 8.14. The topological polar surface area (TPSA) is 70.0 Å². The average Bonchev–Trinajstić information content (AvgIpc) is 3.24. The van der Waals surface area contributed by atoms with E-state index in [4.69, 9.17) is 0 Å². The number of H-pyrrole nitrogens is 1. The van der Waals surface area contributed by atoms with Crippen LogP contribution in [0.5, 0.6) is 5.75 Å². The maximum absolute atomic E-state index is 10.5. The highest BCUT2D eigenvalue weighted by atomic mass is 16.3. The zero-order chi connectivity index (χ0) is 19.2. The van der Waals surface area contributed by atoms with Crippen molar-refractivity contribution >= 4 is 0 Å². The van der Waals surface area contributed by atoms with Crippen LogP contribution in [0.25, 0.3) is 0 Å². The molecule has 0 radical (unpaired) electrons. The van der Waals surface area contributed by atoms with Gasteiger partial charge < -0.3 is 10.1 Å². The first kappa shape index (κ1) is 17.8. The van der Waals surface area contributed by atoms with E-state index in [0.29, 0.717) is 12.3 Å². The molecule has 2 N–H and O–H groups in total. The minimum absolute atomic E-state index is 0.0337. The van der Waals surface area contributed by atoms with Crippen molar-refractivity contribution in [1.29, 1.82) is 0 Å². The summed E-state index contributed by atoms with van der Waals surface area (Å²) in [7, 11) is 1.93. The standard InChI is InChI=1S/C21H27N5O/c1-21(2,3)16-5-6-18(27)14(9-16)12-26-8-7-17-19(23-13-22-17)20(26)15-10-24-25(4)11-15/h5-6,9-11,13,20,27H,7-8,12H2,1-4H3,(H,22,23)/t20-/m0/s1. The summed E-state index contributed by atoms with van der Waals surface area (Å²) in [4.78, 5) is 10.2. The van der Waals surface area contributed by atoms with Crippen molar-refractivity contribution in [2.24, 2.45) is 7.05 Å². The lowest BCUT2D eigenvalue weighted by Gasteiger charge is -2.35. The number of imidazole rings is 1. The Kier molecular flexibility index (Phi) is 4.30. The van der Waals surface area contributed by atoms with Gasteiger partial charge in [-0.25, -0.2) is 4.98 Å². The number of phenols is 1.